The summed E-state index contributed by atoms with van der Waals surface area (Å²) >= 11 is 5.99. The predicted octanol–water partition coefficient (Wildman–Crippen LogP) is 4.54. The summed E-state index contributed by atoms with van der Waals surface area (Å²) in [7, 11) is 0. The number of rotatable bonds is 5. The zero-order chi connectivity index (χ0) is 16.8. The summed E-state index contributed by atoms with van der Waals surface area (Å²) in [6, 6.07) is 13.4. The van der Waals surface area contributed by atoms with Crippen LogP contribution in [0.5, 0.6) is 5.75 Å². The Kier molecular flexibility index (Phi) is 5.77. The normalized spacial score (nSPS) is 10.4. The van der Waals surface area contributed by atoms with Crippen molar-refractivity contribution in [3.8, 4) is 5.75 Å². The van der Waals surface area contributed by atoms with E-state index in [0.29, 0.717) is 28.4 Å². The summed E-state index contributed by atoms with van der Waals surface area (Å²) in [5.74, 6) is 0.135. The first kappa shape index (κ1) is 17.0. The maximum absolute atomic E-state index is 12.1. The first-order chi connectivity index (χ1) is 11.0. The van der Waals surface area contributed by atoms with E-state index in [1.165, 1.54) is 0 Å². The Hall–Kier alpha value is -2.33. The summed E-state index contributed by atoms with van der Waals surface area (Å²) in [4.78, 5) is 23.7. The molecule has 1 amide bonds. The summed E-state index contributed by atoms with van der Waals surface area (Å²) in [6.45, 7) is 3.91. The number of esters is 1. The Morgan fingerprint density at radius 2 is 1.74 bits per heavy atom. The second kappa shape index (κ2) is 7.79. The van der Waals surface area contributed by atoms with Crippen LogP contribution >= 0.6 is 11.6 Å². The molecular weight excluding hydrogens is 314 g/mol. The first-order valence-corrected chi connectivity index (χ1v) is 7.70. The Balaban J connectivity index is 1.99. The molecule has 2 rings (SSSR count). The Bertz CT molecular complexity index is 696. The van der Waals surface area contributed by atoms with Crippen LogP contribution in [-0.4, -0.2) is 11.9 Å². The van der Waals surface area contributed by atoms with Crippen molar-refractivity contribution in [3.63, 3.8) is 0 Å². The van der Waals surface area contributed by atoms with Crippen LogP contribution in [0, 0.1) is 5.92 Å². The topological polar surface area (TPSA) is 55.4 Å². The Morgan fingerprint density at radius 1 is 1.09 bits per heavy atom. The highest BCUT2D eigenvalue weighted by atomic mass is 35.5. The van der Waals surface area contributed by atoms with E-state index in [1.807, 2.05) is 13.8 Å². The molecule has 0 bridgehead atoms. The highest BCUT2D eigenvalue weighted by molar-refractivity contribution is 6.34. The number of ether oxygens (including phenoxy) is 1. The molecule has 4 nitrogen and oxygen atoms in total. The van der Waals surface area contributed by atoms with Crippen molar-refractivity contribution in [2.45, 2.75) is 20.3 Å². The van der Waals surface area contributed by atoms with Gasteiger partial charge in [0.25, 0.3) is 5.91 Å². The molecule has 0 unspecified atom stereocenters. The van der Waals surface area contributed by atoms with Crippen molar-refractivity contribution < 1.29 is 14.3 Å². The van der Waals surface area contributed by atoms with Gasteiger partial charge in [0.2, 0.25) is 0 Å². The van der Waals surface area contributed by atoms with Gasteiger partial charge in [0.15, 0.2) is 0 Å². The summed E-state index contributed by atoms with van der Waals surface area (Å²) < 4.78 is 5.22. The maximum atomic E-state index is 12.1. The first-order valence-electron chi connectivity index (χ1n) is 7.32. The van der Waals surface area contributed by atoms with Gasteiger partial charge < -0.3 is 10.1 Å². The van der Waals surface area contributed by atoms with E-state index in [1.54, 1.807) is 48.5 Å². The van der Waals surface area contributed by atoms with Crippen molar-refractivity contribution in [3.05, 3.63) is 59.1 Å². The third-order valence-electron chi connectivity index (χ3n) is 3.04. The van der Waals surface area contributed by atoms with Gasteiger partial charge in [-0.1, -0.05) is 37.6 Å². The average Bonchev–Trinajstić information content (AvgIpc) is 2.48. The number of carbonyl (C=O) groups excluding carboxylic acids is 2. The van der Waals surface area contributed by atoms with E-state index >= 15 is 0 Å². The van der Waals surface area contributed by atoms with Gasteiger partial charge in [0.1, 0.15) is 5.75 Å². The molecule has 0 aliphatic carbocycles. The van der Waals surface area contributed by atoms with Crippen LogP contribution in [-0.2, 0) is 4.79 Å². The molecule has 0 radical (unpaired) electrons. The zero-order valence-corrected chi connectivity index (χ0v) is 13.8. The predicted molar refractivity (Wildman–Crippen MR) is 90.9 cm³/mol. The number of hydrogen-bond acceptors (Lipinski definition) is 3. The third kappa shape index (κ3) is 5.11. The highest BCUT2D eigenvalue weighted by Gasteiger charge is 2.11. The van der Waals surface area contributed by atoms with Crippen molar-refractivity contribution in [1.82, 2.24) is 0 Å². The molecule has 0 heterocycles. The SMILES string of the molecule is CC(C)CC(=O)Oc1ccc(NC(=O)c2ccccc2Cl)cc1. The number of carbonyl (C=O) groups is 2. The number of benzene rings is 2. The van der Waals surface area contributed by atoms with Gasteiger partial charge in [-0.3, -0.25) is 9.59 Å². The molecule has 0 saturated carbocycles. The molecule has 0 aliphatic rings. The van der Waals surface area contributed by atoms with Gasteiger partial charge in [0.05, 0.1) is 10.6 Å². The third-order valence-corrected chi connectivity index (χ3v) is 3.37. The molecular formula is C18H18ClNO3. The van der Waals surface area contributed by atoms with Gasteiger partial charge in [0, 0.05) is 12.1 Å². The van der Waals surface area contributed by atoms with E-state index in [0.717, 1.165) is 0 Å². The molecule has 0 atom stereocenters. The van der Waals surface area contributed by atoms with E-state index in [4.69, 9.17) is 16.3 Å². The molecule has 2 aromatic rings. The lowest BCUT2D eigenvalue weighted by molar-refractivity contribution is -0.135. The molecule has 120 valence electrons. The summed E-state index contributed by atoms with van der Waals surface area (Å²) in [5, 5.41) is 3.14. The van der Waals surface area contributed by atoms with Gasteiger partial charge in [-0.15, -0.1) is 0 Å². The van der Waals surface area contributed by atoms with E-state index in [2.05, 4.69) is 5.32 Å². The van der Waals surface area contributed by atoms with Crippen molar-refractivity contribution in [1.29, 1.82) is 0 Å². The van der Waals surface area contributed by atoms with Gasteiger partial charge >= 0.3 is 5.97 Å². The number of halogens is 1. The van der Waals surface area contributed by atoms with Crippen molar-refractivity contribution in [2.24, 2.45) is 5.92 Å². The zero-order valence-electron chi connectivity index (χ0n) is 13.0. The largest absolute Gasteiger partial charge is 0.427 e. The van der Waals surface area contributed by atoms with Crippen LogP contribution < -0.4 is 10.1 Å². The smallest absolute Gasteiger partial charge is 0.311 e. The number of anilines is 1. The minimum Gasteiger partial charge on any atom is -0.427 e. The lowest BCUT2D eigenvalue weighted by atomic mass is 10.1. The van der Waals surface area contributed by atoms with Gasteiger partial charge in [-0.2, -0.15) is 0 Å². The standard InChI is InChI=1S/C18H18ClNO3/c1-12(2)11-17(21)23-14-9-7-13(8-10-14)20-18(22)15-5-3-4-6-16(15)19/h3-10,12H,11H2,1-2H3,(H,20,22). The molecule has 0 saturated heterocycles. The van der Waals surface area contributed by atoms with Crippen LogP contribution in [0.25, 0.3) is 0 Å². The molecule has 0 aromatic heterocycles. The van der Waals surface area contributed by atoms with Crippen LogP contribution in [0.4, 0.5) is 5.69 Å². The molecule has 0 fully saturated rings. The lowest BCUT2D eigenvalue weighted by Gasteiger charge is -2.09. The molecule has 0 spiro atoms. The van der Waals surface area contributed by atoms with Crippen LogP contribution in [0.15, 0.2) is 48.5 Å². The van der Waals surface area contributed by atoms with E-state index < -0.39 is 0 Å². The fraction of sp³-hybridized carbons (Fsp3) is 0.222. The van der Waals surface area contributed by atoms with Crippen LogP contribution in [0.1, 0.15) is 30.6 Å². The number of amides is 1. The van der Waals surface area contributed by atoms with Crippen molar-refractivity contribution >= 4 is 29.2 Å². The quantitative estimate of drug-likeness (QED) is 0.646. The molecule has 1 N–H and O–H groups in total. The fourth-order valence-corrected chi connectivity index (χ4v) is 2.18. The second-order valence-electron chi connectivity index (χ2n) is 5.53. The minimum atomic E-state index is -0.292. The Morgan fingerprint density at radius 3 is 2.35 bits per heavy atom. The van der Waals surface area contributed by atoms with E-state index in [-0.39, 0.29) is 17.8 Å². The average molecular weight is 332 g/mol. The fourth-order valence-electron chi connectivity index (χ4n) is 1.96. The van der Waals surface area contributed by atoms with Crippen LogP contribution in [0.2, 0.25) is 5.02 Å². The molecule has 0 aliphatic heterocycles. The monoisotopic (exact) mass is 331 g/mol. The molecule has 2 aromatic carbocycles. The molecule has 5 heteroatoms. The maximum Gasteiger partial charge on any atom is 0.311 e. The Labute approximate surface area is 140 Å². The van der Waals surface area contributed by atoms with Crippen molar-refractivity contribution in [2.75, 3.05) is 5.32 Å². The van der Waals surface area contributed by atoms with Gasteiger partial charge in [-0.25, -0.2) is 0 Å². The second-order valence-corrected chi connectivity index (χ2v) is 5.94. The highest BCUT2D eigenvalue weighted by Crippen LogP contribution is 2.20. The summed E-state index contributed by atoms with van der Waals surface area (Å²) in [6.07, 6.45) is 0.366. The summed E-state index contributed by atoms with van der Waals surface area (Å²) in [5.41, 5.74) is 1.00. The number of hydrogen-bond donors (Lipinski definition) is 1. The number of nitrogens with one attached hydrogen (secondary N) is 1. The minimum absolute atomic E-state index is 0.247. The van der Waals surface area contributed by atoms with E-state index in [9.17, 15) is 9.59 Å². The lowest BCUT2D eigenvalue weighted by Crippen LogP contribution is -2.13. The van der Waals surface area contributed by atoms with Crippen LogP contribution in [0.3, 0.4) is 0 Å². The molecule has 23 heavy (non-hydrogen) atoms. The van der Waals surface area contributed by atoms with Gasteiger partial charge in [-0.05, 0) is 42.3 Å².